The second kappa shape index (κ2) is 8.71. The predicted octanol–water partition coefficient (Wildman–Crippen LogP) is 6.17. The lowest BCUT2D eigenvalue weighted by Gasteiger charge is -2.17. The van der Waals surface area contributed by atoms with E-state index in [-0.39, 0.29) is 5.41 Å². The summed E-state index contributed by atoms with van der Waals surface area (Å²) < 4.78 is 17.7. The Hall–Kier alpha value is -2.47. The molecule has 1 saturated carbocycles. The maximum absolute atomic E-state index is 12.1. The molecule has 1 aliphatic carbocycles. The van der Waals surface area contributed by atoms with E-state index in [1.54, 1.807) is 12.1 Å². The van der Waals surface area contributed by atoms with Gasteiger partial charge in [0, 0.05) is 47.8 Å². The number of benzene rings is 3. The lowest BCUT2D eigenvalue weighted by atomic mass is 9.87. The largest absolute Gasteiger partial charge is 0.598 e. The Morgan fingerprint density at radius 1 is 1.00 bits per heavy atom. The van der Waals surface area contributed by atoms with Crippen molar-refractivity contribution in [1.29, 1.82) is 0 Å². The summed E-state index contributed by atoms with van der Waals surface area (Å²) in [4.78, 5) is 0. The molecule has 5 rings (SSSR count). The molecule has 0 amide bonds. The second-order valence-electron chi connectivity index (χ2n) is 10.5. The standard InChI is InChI=1S/C28H32N2O2S/c1-28(2,3)17-23-18-30(13-12-29-33(32)25-9-10-25)27-11-7-22(16-26(23)27)19-4-5-21-15-24(31)8-6-20(21)14-19/h4-8,11,14-16,18,25,29,31H,9-10,12-13,17H2,1-3H3/t33-/m0/s1. The summed E-state index contributed by atoms with van der Waals surface area (Å²) in [6.45, 7) is 8.34. The Kier molecular flexibility index (Phi) is 5.89. The van der Waals surface area contributed by atoms with Crippen LogP contribution < -0.4 is 4.72 Å². The monoisotopic (exact) mass is 460 g/mol. The minimum Gasteiger partial charge on any atom is -0.598 e. The van der Waals surface area contributed by atoms with Gasteiger partial charge in [-0.3, -0.25) is 0 Å². The third-order valence-corrected chi connectivity index (χ3v) is 7.83. The van der Waals surface area contributed by atoms with Crippen LogP contribution in [-0.2, 0) is 24.3 Å². The van der Waals surface area contributed by atoms with Crippen molar-refractivity contribution in [3.8, 4) is 16.9 Å². The lowest BCUT2D eigenvalue weighted by molar-refractivity contribution is 0.412. The fraction of sp³-hybridized carbons (Fsp3) is 0.357. The van der Waals surface area contributed by atoms with Gasteiger partial charge in [0.1, 0.15) is 11.0 Å². The number of rotatable bonds is 7. The lowest BCUT2D eigenvalue weighted by Crippen LogP contribution is -2.30. The summed E-state index contributed by atoms with van der Waals surface area (Å²) in [5.41, 5.74) is 5.13. The zero-order valence-electron chi connectivity index (χ0n) is 19.6. The first-order valence-electron chi connectivity index (χ1n) is 11.8. The summed E-state index contributed by atoms with van der Waals surface area (Å²) in [6, 6.07) is 18.6. The highest BCUT2D eigenvalue weighted by Gasteiger charge is 2.34. The van der Waals surface area contributed by atoms with E-state index in [1.165, 1.54) is 27.6 Å². The van der Waals surface area contributed by atoms with Crippen molar-refractivity contribution in [2.45, 2.75) is 51.8 Å². The molecule has 172 valence electrons. The highest BCUT2D eigenvalue weighted by Crippen LogP contribution is 2.33. The maximum Gasteiger partial charge on any atom is 0.135 e. The van der Waals surface area contributed by atoms with Gasteiger partial charge in [-0.1, -0.05) is 45.0 Å². The summed E-state index contributed by atoms with van der Waals surface area (Å²) in [7, 11) is 0. The number of fused-ring (bicyclic) bond motifs is 2. The van der Waals surface area contributed by atoms with Crippen molar-refractivity contribution in [2.75, 3.05) is 6.54 Å². The molecule has 3 aromatic carbocycles. The Bertz CT molecular complexity index is 1300. The number of aromatic hydroxyl groups is 1. The summed E-state index contributed by atoms with van der Waals surface area (Å²) in [6.07, 6.45) is 5.45. The smallest absolute Gasteiger partial charge is 0.135 e. The van der Waals surface area contributed by atoms with E-state index < -0.39 is 11.4 Å². The number of hydrogen-bond acceptors (Lipinski definition) is 3. The minimum absolute atomic E-state index is 0.186. The van der Waals surface area contributed by atoms with E-state index in [1.807, 2.05) is 6.07 Å². The Morgan fingerprint density at radius 3 is 2.45 bits per heavy atom. The van der Waals surface area contributed by atoms with Gasteiger partial charge in [-0.15, -0.1) is 4.72 Å². The van der Waals surface area contributed by atoms with Gasteiger partial charge in [-0.05, 0) is 69.6 Å². The van der Waals surface area contributed by atoms with Crippen LogP contribution in [0.1, 0.15) is 39.2 Å². The number of nitrogens with one attached hydrogen (secondary N) is 1. The predicted molar refractivity (Wildman–Crippen MR) is 139 cm³/mol. The van der Waals surface area contributed by atoms with Gasteiger partial charge in [-0.2, -0.15) is 0 Å². The van der Waals surface area contributed by atoms with Crippen LogP contribution in [0, 0.1) is 5.41 Å². The Morgan fingerprint density at radius 2 is 1.70 bits per heavy atom. The van der Waals surface area contributed by atoms with Gasteiger partial charge in [0.25, 0.3) is 0 Å². The van der Waals surface area contributed by atoms with Crippen molar-refractivity contribution in [1.82, 2.24) is 9.29 Å². The fourth-order valence-electron chi connectivity index (χ4n) is 4.53. The van der Waals surface area contributed by atoms with Crippen LogP contribution in [0.15, 0.2) is 60.8 Å². The Labute approximate surface area is 198 Å². The first kappa shape index (κ1) is 22.3. The first-order valence-corrected chi connectivity index (χ1v) is 13.0. The molecular formula is C28H32N2O2S. The number of nitrogens with zero attached hydrogens (tertiary/aromatic N) is 1. The summed E-state index contributed by atoms with van der Waals surface area (Å²) in [5.74, 6) is 0.292. The normalized spacial score (nSPS) is 15.4. The van der Waals surface area contributed by atoms with Gasteiger partial charge in [0.05, 0.1) is 6.54 Å². The zero-order chi connectivity index (χ0) is 23.2. The van der Waals surface area contributed by atoms with Crippen LogP contribution in [-0.4, -0.2) is 26.0 Å². The summed E-state index contributed by atoms with van der Waals surface area (Å²) >= 11 is -0.898. The highest BCUT2D eigenvalue weighted by atomic mass is 32.2. The van der Waals surface area contributed by atoms with Gasteiger partial charge in [0.2, 0.25) is 0 Å². The molecule has 4 aromatic rings. The molecule has 2 N–H and O–H groups in total. The van der Waals surface area contributed by atoms with Crippen molar-refractivity contribution >= 4 is 33.0 Å². The van der Waals surface area contributed by atoms with Crippen LogP contribution in [0.25, 0.3) is 32.8 Å². The molecule has 4 nitrogen and oxygen atoms in total. The highest BCUT2D eigenvalue weighted by molar-refractivity contribution is 7.90. The fourth-order valence-corrected chi connectivity index (χ4v) is 5.62. The molecule has 1 aliphatic rings. The van der Waals surface area contributed by atoms with Crippen molar-refractivity contribution in [2.24, 2.45) is 5.41 Å². The van der Waals surface area contributed by atoms with Crippen LogP contribution in [0.3, 0.4) is 0 Å². The molecule has 0 saturated heterocycles. The SMILES string of the molecule is CC(C)(C)Cc1cn(CCN[S@@+]([O-])C2CC2)c2ccc(-c3ccc4cc(O)ccc4c3)cc12. The van der Waals surface area contributed by atoms with E-state index in [2.05, 4.69) is 72.7 Å². The molecular weight excluding hydrogens is 428 g/mol. The van der Waals surface area contributed by atoms with Gasteiger partial charge in [-0.25, -0.2) is 0 Å². The zero-order valence-corrected chi connectivity index (χ0v) is 20.4. The molecule has 0 spiro atoms. The van der Waals surface area contributed by atoms with E-state index >= 15 is 0 Å². The van der Waals surface area contributed by atoms with Crippen LogP contribution in [0.4, 0.5) is 0 Å². The molecule has 1 aromatic heterocycles. The van der Waals surface area contributed by atoms with Gasteiger partial charge in [0.15, 0.2) is 0 Å². The minimum atomic E-state index is -0.898. The average Bonchev–Trinajstić information content (AvgIpc) is 3.57. The molecule has 1 fully saturated rings. The Balaban J connectivity index is 1.48. The molecule has 0 aliphatic heterocycles. The first-order chi connectivity index (χ1) is 15.8. The van der Waals surface area contributed by atoms with Crippen molar-refractivity contribution in [3.05, 3.63) is 66.4 Å². The van der Waals surface area contributed by atoms with Crippen LogP contribution in [0.5, 0.6) is 5.75 Å². The third-order valence-electron chi connectivity index (χ3n) is 6.27. The van der Waals surface area contributed by atoms with Crippen LogP contribution >= 0.6 is 0 Å². The van der Waals surface area contributed by atoms with E-state index in [4.69, 9.17) is 0 Å². The molecule has 0 radical (unpaired) electrons. The molecule has 0 bridgehead atoms. The third kappa shape index (κ3) is 5.06. The second-order valence-corrected chi connectivity index (χ2v) is 12.0. The van der Waals surface area contributed by atoms with Gasteiger partial charge >= 0.3 is 0 Å². The van der Waals surface area contributed by atoms with Crippen molar-refractivity contribution < 1.29 is 9.66 Å². The molecule has 0 unspecified atom stereocenters. The van der Waals surface area contributed by atoms with E-state index in [0.717, 1.165) is 36.6 Å². The number of phenolic OH excluding ortho intramolecular Hbond substituents is 1. The summed E-state index contributed by atoms with van der Waals surface area (Å²) in [5, 5.41) is 13.6. The van der Waals surface area contributed by atoms with E-state index in [0.29, 0.717) is 17.5 Å². The molecule has 1 atom stereocenters. The van der Waals surface area contributed by atoms with Crippen molar-refractivity contribution in [3.63, 3.8) is 0 Å². The maximum atomic E-state index is 12.1. The molecule has 1 heterocycles. The average molecular weight is 461 g/mol. The van der Waals surface area contributed by atoms with E-state index in [9.17, 15) is 9.66 Å². The van der Waals surface area contributed by atoms with Gasteiger partial charge < -0.3 is 14.2 Å². The topological polar surface area (TPSA) is 60.2 Å². The number of phenols is 1. The molecule has 33 heavy (non-hydrogen) atoms. The van der Waals surface area contributed by atoms with Crippen LogP contribution in [0.2, 0.25) is 0 Å². The quantitative estimate of drug-likeness (QED) is 0.324. The molecule has 5 heteroatoms. The number of hydrogen-bond donors (Lipinski definition) is 2. The number of aromatic nitrogens is 1.